The lowest BCUT2D eigenvalue weighted by Gasteiger charge is -2.43. The van der Waals surface area contributed by atoms with Gasteiger partial charge >= 0.3 is 5.97 Å². The highest BCUT2D eigenvalue weighted by atomic mass is 16.5. The maximum absolute atomic E-state index is 14.3. The highest BCUT2D eigenvalue weighted by molar-refractivity contribution is 5.83. The fraction of sp³-hybridized carbons (Fsp3) is 0.512. The Morgan fingerprint density at radius 3 is 2.40 bits per heavy atom. The minimum Gasteiger partial charge on any atom is -0.460 e. The Kier molecular flexibility index (Phi) is 13.2. The smallest absolute Gasteiger partial charge is 0.323 e. The minimum atomic E-state index is -0.842. The molecular formula is C41H56N6O5. The van der Waals surface area contributed by atoms with Gasteiger partial charge < -0.3 is 26.2 Å². The van der Waals surface area contributed by atoms with Crippen LogP contribution in [0.15, 0.2) is 79.1 Å². The van der Waals surface area contributed by atoms with Crippen LogP contribution in [0.1, 0.15) is 69.3 Å². The van der Waals surface area contributed by atoms with Crippen molar-refractivity contribution in [3.63, 3.8) is 0 Å². The number of piperazine rings is 1. The summed E-state index contributed by atoms with van der Waals surface area (Å²) in [6.45, 7) is 12.2. The number of esters is 1. The van der Waals surface area contributed by atoms with Crippen LogP contribution in [0.4, 0.5) is 0 Å². The maximum Gasteiger partial charge on any atom is 0.323 e. The summed E-state index contributed by atoms with van der Waals surface area (Å²) < 4.78 is 6.20. The Bertz CT molecular complexity index is 1630. The quantitative estimate of drug-likeness (QED) is 0.185. The molecule has 1 fully saturated rings. The van der Waals surface area contributed by atoms with Crippen molar-refractivity contribution in [3.05, 3.63) is 101 Å². The van der Waals surface area contributed by atoms with Gasteiger partial charge in [0.2, 0.25) is 11.8 Å². The van der Waals surface area contributed by atoms with E-state index >= 15 is 0 Å². The van der Waals surface area contributed by atoms with Crippen LogP contribution >= 0.6 is 0 Å². The van der Waals surface area contributed by atoms with Crippen molar-refractivity contribution in [1.29, 1.82) is 0 Å². The largest absolute Gasteiger partial charge is 0.460 e. The van der Waals surface area contributed by atoms with Crippen molar-refractivity contribution >= 4 is 17.8 Å². The van der Waals surface area contributed by atoms with Crippen LogP contribution in [-0.4, -0.2) is 93.7 Å². The number of nitrogens with two attached hydrogens (primary N) is 1. The van der Waals surface area contributed by atoms with Crippen molar-refractivity contribution in [1.82, 2.24) is 25.4 Å². The van der Waals surface area contributed by atoms with E-state index in [2.05, 4.69) is 25.4 Å². The molecule has 1 saturated heterocycles. The summed E-state index contributed by atoms with van der Waals surface area (Å²) in [7, 11) is 0. The lowest BCUT2D eigenvalue weighted by Crippen LogP contribution is -2.62. The molecule has 6 atom stereocenters. The summed E-state index contributed by atoms with van der Waals surface area (Å²) >= 11 is 0. The Balaban J connectivity index is 1.42. The molecule has 2 amide bonds. The highest BCUT2D eigenvalue weighted by Crippen LogP contribution is 2.32. The van der Waals surface area contributed by atoms with Crippen LogP contribution in [0.25, 0.3) is 0 Å². The van der Waals surface area contributed by atoms with E-state index in [4.69, 9.17) is 10.5 Å². The van der Waals surface area contributed by atoms with Crippen molar-refractivity contribution in [3.8, 4) is 0 Å². The van der Waals surface area contributed by atoms with Gasteiger partial charge in [-0.15, -0.1) is 0 Å². The third kappa shape index (κ3) is 10.7. The molecule has 1 aromatic heterocycles. The lowest BCUT2D eigenvalue weighted by atomic mass is 9.91. The van der Waals surface area contributed by atoms with Gasteiger partial charge in [0.1, 0.15) is 18.2 Å². The van der Waals surface area contributed by atoms with Crippen LogP contribution in [0.3, 0.4) is 0 Å². The summed E-state index contributed by atoms with van der Waals surface area (Å²) in [4.78, 5) is 50.2. The molecule has 2 aromatic carbocycles. The number of nitrogens with one attached hydrogen (secondary N) is 2. The number of aliphatic hydroxyl groups excluding tert-OH is 1. The van der Waals surface area contributed by atoms with Gasteiger partial charge in [-0.2, -0.15) is 0 Å². The van der Waals surface area contributed by atoms with Crippen LogP contribution in [-0.2, 0) is 38.5 Å². The average Bonchev–Trinajstić information content (AvgIpc) is 3.42. The van der Waals surface area contributed by atoms with Crippen molar-refractivity contribution in [2.45, 2.75) is 96.3 Å². The van der Waals surface area contributed by atoms with Crippen molar-refractivity contribution < 1.29 is 24.2 Å². The Morgan fingerprint density at radius 1 is 1.00 bits per heavy atom. The number of carbonyl (C=O) groups excluding carboxylic acids is 3. The van der Waals surface area contributed by atoms with Crippen molar-refractivity contribution in [2.75, 3.05) is 26.2 Å². The zero-order valence-electron chi connectivity index (χ0n) is 31.2. The minimum absolute atomic E-state index is 0.111. The topological polar surface area (TPSA) is 150 Å². The normalized spacial score (nSPS) is 21.2. The van der Waals surface area contributed by atoms with E-state index in [-0.39, 0.29) is 30.7 Å². The van der Waals surface area contributed by atoms with E-state index in [0.29, 0.717) is 39.0 Å². The predicted molar refractivity (Wildman–Crippen MR) is 201 cm³/mol. The molecule has 0 radical (unpaired) electrons. The second-order valence-corrected chi connectivity index (χ2v) is 15.8. The standard InChI is InChI=1S/C41H56N6O5/c1-27(2)36(42)40(51)52-32(25-47-19-18-46(24-29-14-11-17-43-23-29)26-34(47)39(50)45-41(3,4)5)21-31(20-28-12-7-6-8-13-28)38(49)44-37-33-16-10-9-15-30(33)22-35(37)48/h6-17,23,27,31-32,34-37,48H,18-22,24-26,42H2,1-5H3,(H,44,49)(H,45,50)/t31-,32+,34+,35-,36?,37+/m1/s1. The monoisotopic (exact) mass is 712 g/mol. The van der Waals surface area contributed by atoms with E-state index in [1.165, 1.54) is 0 Å². The first-order valence-electron chi connectivity index (χ1n) is 18.5. The first-order chi connectivity index (χ1) is 24.8. The number of benzene rings is 2. The zero-order valence-corrected chi connectivity index (χ0v) is 31.2. The van der Waals surface area contributed by atoms with Gasteiger partial charge in [-0.05, 0) is 67.9 Å². The molecule has 0 saturated carbocycles. The highest BCUT2D eigenvalue weighted by Gasteiger charge is 2.39. The molecule has 2 heterocycles. The van der Waals surface area contributed by atoms with Crippen LogP contribution in [0, 0.1) is 11.8 Å². The molecule has 1 unspecified atom stereocenters. The second-order valence-electron chi connectivity index (χ2n) is 15.8. The molecule has 0 bridgehead atoms. The number of aromatic nitrogens is 1. The molecule has 2 aliphatic rings. The lowest BCUT2D eigenvalue weighted by molar-refractivity contribution is -0.155. The molecule has 5 N–H and O–H groups in total. The number of nitrogens with zero attached hydrogens (tertiary/aromatic N) is 3. The number of fused-ring (bicyclic) bond motifs is 1. The number of carbonyl (C=O) groups is 3. The second kappa shape index (κ2) is 17.6. The van der Waals surface area contributed by atoms with Crippen molar-refractivity contribution in [2.24, 2.45) is 17.6 Å². The Labute approximate surface area is 308 Å². The Hall–Kier alpha value is -4.16. The van der Waals surface area contributed by atoms with E-state index in [1.54, 1.807) is 6.20 Å². The van der Waals surface area contributed by atoms with Gasteiger partial charge in [0, 0.05) is 63.0 Å². The molecule has 280 valence electrons. The number of amides is 2. The maximum atomic E-state index is 14.3. The summed E-state index contributed by atoms with van der Waals surface area (Å²) in [6.07, 6.45) is 3.15. The molecule has 1 aliphatic carbocycles. The molecule has 5 rings (SSSR count). The zero-order chi connectivity index (χ0) is 37.4. The van der Waals surface area contributed by atoms with E-state index < -0.39 is 47.8 Å². The third-order valence-electron chi connectivity index (χ3n) is 9.96. The SMILES string of the molecule is CC(C)C(N)C(=O)O[C@@H](C[C@@H](Cc1ccccc1)C(=O)N[C@H]1c2ccccc2C[C@H]1O)CN1CCN(Cc2cccnc2)C[C@H]1C(=O)NC(C)(C)C. The molecule has 11 heteroatoms. The van der Waals surface area contributed by atoms with Gasteiger partial charge in [0.25, 0.3) is 0 Å². The van der Waals surface area contributed by atoms with E-state index in [0.717, 1.165) is 22.3 Å². The van der Waals surface area contributed by atoms with Gasteiger partial charge in [0.15, 0.2) is 0 Å². The number of aliphatic hydroxyl groups is 1. The summed E-state index contributed by atoms with van der Waals surface area (Å²) in [5.74, 6) is -1.64. The first-order valence-corrected chi connectivity index (χ1v) is 18.5. The van der Waals surface area contributed by atoms with Gasteiger partial charge in [-0.1, -0.05) is 74.5 Å². The molecule has 11 nitrogen and oxygen atoms in total. The first kappa shape index (κ1) is 39.1. The number of pyridine rings is 1. The van der Waals surface area contributed by atoms with Crippen LogP contribution in [0.5, 0.6) is 0 Å². The number of hydrogen-bond donors (Lipinski definition) is 4. The fourth-order valence-corrected chi connectivity index (χ4v) is 7.15. The molecule has 0 spiro atoms. The molecular weight excluding hydrogens is 656 g/mol. The average molecular weight is 713 g/mol. The van der Waals surface area contributed by atoms with Gasteiger partial charge in [0.05, 0.1) is 12.1 Å². The summed E-state index contributed by atoms with van der Waals surface area (Å²) in [5.41, 5.74) is 9.78. The van der Waals surface area contributed by atoms with E-state index in [1.807, 2.05) is 108 Å². The van der Waals surface area contributed by atoms with Gasteiger partial charge in [-0.3, -0.25) is 29.2 Å². The number of hydrogen-bond acceptors (Lipinski definition) is 9. The van der Waals surface area contributed by atoms with Crippen LogP contribution in [0.2, 0.25) is 0 Å². The number of rotatable bonds is 14. The predicted octanol–water partition coefficient (Wildman–Crippen LogP) is 3.40. The molecule has 1 aliphatic heterocycles. The van der Waals surface area contributed by atoms with Gasteiger partial charge in [-0.25, -0.2) is 0 Å². The molecule has 3 aromatic rings. The van der Waals surface area contributed by atoms with Crippen LogP contribution < -0.4 is 16.4 Å². The summed E-state index contributed by atoms with van der Waals surface area (Å²) in [5, 5.41) is 17.3. The third-order valence-corrected chi connectivity index (χ3v) is 9.96. The fourth-order valence-electron chi connectivity index (χ4n) is 7.15. The Morgan fingerprint density at radius 2 is 1.71 bits per heavy atom. The number of ether oxygens (including phenoxy) is 1. The van der Waals surface area contributed by atoms with E-state index in [9.17, 15) is 19.5 Å². The molecule has 52 heavy (non-hydrogen) atoms. The summed E-state index contributed by atoms with van der Waals surface area (Å²) in [6, 6.07) is 19.5.